The first-order chi connectivity index (χ1) is 14.1. The van der Waals surface area contributed by atoms with Gasteiger partial charge in [-0.25, -0.2) is 4.99 Å². The molecule has 2 aromatic carbocycles. The van der Waals surface area contributed by atoms with Crippen molar-refractivity contribution in [2.45, 2.75) is 39.5 Å². The molecule has 0 spiro atoms. The molecule has 2 heterocycles. The van der Waals surface area contributed by atoms with Crippen LogP contribution < -0.4 is 0 Å². The zero-order chi connectivity index (χ0) is 20.2. The zero-order valence-corrected chi connectivity index (χ0v) is 18.0. The molecule has 150 valence electrons. The predicted octanol–water partition coefficient (Wildman–Crippen LogP) is 5.60. The molecule has 1 saturated heterocycles. The van der Waals surface area contributed by atoms with Crippen LogP contribution in [-0.4, -0.2) is 40.4 Å². The van der Waals surface area contributed by atoms with Crippen molar-refractivity contribution in [1.29, 1.82) is 0 Å². The Balaban J connectivity index is 1.61. The van der Waals surface area contributed by atoms with E-state index in [0.29, 0.717) is 12.2 Å². The second kappa shape index (κ2) is 8.95. The average Bonchev–Trinajstić information content (AvgIpc) is 2.93. The summed E-state index contributed by atoms with van der Waals surface area (Å²) in [7, 11) is 0. The Hall–Kier alpha value is -2.40. The number of hydrogen-bond donors (Lipinski definition) is 0. The number of nitrogens with zero attached hydrogens (tertiary/aromatic N) is 3. The quantitative estimate of drug-likeness (QED) is 0.667. The molecule has 2 aliphatic rings. The number of aliphatic imine (C=N–C) groups is 2. The molecule has 5 heteroatoms. The van der Waals surface area contributed by atoms with Crippen LogP contribution >= 0.6 is 11.8 Å². The number of likely N-dealkylation sites (tertiary alicyclic amines) is 1. The second-order valence-electron chi connectivity index (χ2n) is 7.76. The van der Waals surface area contributed by atoms with Gasteiger partial charge in [0.2, 0.25) is 5.91 Å². The van der Waals surface area contributed by atoms with Crippen molar-refractivity contribution in [1.82, 2.24) is 4.90 Å². The summed E-state index contributed by atoms with van der Waals surface area (Å²) in [6, 6.07) is 14.5. The summed E-state index contributed by atoms with van der Waals surface area (Å²) >= 11 is 1.56. The average molecular weight is 406 g/mol. The Kier molecular flexibility index (Phi) is 6.14. The Morgan fingerprint density at radius 1 is 0.966 bits per heavy atom. The highest BCUT2D eigenvalue weighted by molar-refractivity contribution is 8.14. The van der Waals surface area contributed by atoms with Crippen molar-refractivity contribution in [3.8, 4) is 0 Å². The molecular weight excluding hydrogens is 378 g/mol. The van der Waals surface area contributed by atoms with E-state index in [1.807, 2.05) is 23.1 Å². The van der Waals surface area contributed by atoms with Crippen molar-refractivity contribution in [2.75, 3.05) is 18.8 Å². The fourth-order valence-electron chi connectivity index (χ4n) is 3.73. The zero-order valence-electron chi connectivity index (χ0n) is 17.1. The number of benzene rings is 2. The Labute approximate surface area is 177 Å². The molecule has 0 atom stereocenters. The van der Waals surface area contributed by atoms with E-state index in [1.54, 1.807) is 11.8 Å². The van der Waals surface area contributed by atoms with E-state index >= 15 is 0 Å². The minimum Gasteiger partial charge on any atom is -0.342 e. The summed E-state index contributed by atoms with van der Waals surface area (Å²) in [6.45, 7) is 5.99. The smallest absolute Gasteiger partial charge is 0.232 e. The largest absolute Gasteiger partial charge is 0.342 e. The van der Waals surface area contributed by atoms with E-state index in [1.165, 1.54) is 17.5 Å². The molecular formula is C24H27N3OS. The summed E-state index contributed by atoms with van der Waals surface area (Å²) in [6.07, 6.45) is 4.12. The highest BCUT2D eigenvalue weighted by Gasteiger charge is 2.20. The van der Waals surface area contributed by atoms with Crippen LogP contribution in [0.25, 0.3) is 0 Å². The maximum atomic E-state index is 12.6. The normalized spacial score (nSPS) is 16.6. The van der Waals surface area contributed by atoms with Gasteiger partial charge in [-0.05, 0) is 61.9 Å². The standard InChI is InChI=1S/C24H27N3OS/c1-17-13-21-22(14-18(17)2)26-23(15-20(25-21)19-9-5-3-6-10-19)29-16-24(28)27-11-7-4-8-12-27/h3,5-6,9-10,13-14H,4,7-8,11-12,15-16H2,1-2H3. The Morgan fingerprint density at radius 2 is 1.62 bits per heavy atom. The van der Waals surface area contributed by atoms with Gasteiger partial charge in [0.05, 0.1) is 27.9 Å². The number of aryl methyl sites for hydroxylation is 2. The van der Waals surface area contributed by atoms with Crippen molar-refractivity contribution in [2.24, 2.45) is 9.98 Å². The lowest BCUT2D eigenvalue weighted by Gasteiger charge is -2.26. The highest BCUT2D eigenvalue weighted by atomic mass is 32.2. The van der Waals surface area contributed by atoms with Crippen LogP contribution in [-0.2, 0) is 4.79 Å². The van der Waals surface area contributed by atoms with Crippen LogP contribution in [0, 0.1) is 13.8 Å². The number of fused-ring (bicyclic) bond motifs is 1. The molecule has 0 saturated carbocycles. The molecule has 0 N–H and O–H groups in total. The third kappa shape index (κ3) is 4.78. The first-order valence-corrected chi connectivity index (χ1v) is 11.3. The lowest BCUT2D eigenvalue weighted by atomic mass is 10.1. The van der Waals surface area contributed by atoms with Crippen LogP contribution in [0.4, 0.5) is 11.4 Å². The molecule has 0 aliphatic carbocycles. The van der Waals surface area contributed by atoms with Gasteiger partial charge in [0.25, 0.3) is 0 Å². The number of amides is 1. The van der Waals surface area contributed by atoms with Gasteiger partial charge in [-0.2, -0.15) is 0 Å². The Bertz CT molecular complexity index is 960. The number of piperidine rings is 1. The maximum absolute atomic E-state index is 12.6. The monoisotopic (exact) mass is 405 g/mol. The van der Waals surface area contributed by atoms with Gasteiger partial charge in [-0.15, -0.1) is 11.8 Å². The molecule has 0 aromatic heterocycles. The molecule has 0 unspecified atom stereocenters. The minimum atomic E-state index is 0.222. The van der Waals surface area contributed by atoms with Crippen LogP contribution in [0.1, 0.15) is 42.4 Å². The first kappa shape index (κ1) is 19.9. The second-order valence-corrected chi connectivity index (χ2v) is 8.81. The highest BCUT2D eigenvalue weighted by Crippen LogP contribution is 2.36. The number of carbonyl (C=O) groups excluding carboxylic acids is 1. The molecule has 2 aromatic rings. The number of carbonyl (C=O) groups is 1. The molecule has 29 heavy (non-hydrogen) atoms. The van der Waals surface area contributed by atoms with Crippen molar-refractivity contribution in [3.63, 3.8) is 0 Å². The number of thioether (sulfide) groups is 1. The van der Waals surface area contributed by atoms with Crippen molar-refractivity contribution < 1.29 is 4.79 Å². The molecule has 0 bridgehead atoms. The lowest BCUT2D eigenvalue weighted by Crippen LogP contribution is -2.37. The minimum absolute atomic E-state index is 0.222. The molecule has 4 rings (SSSR count). The lowest BCUT2D eigenvalue weighted by molar-refractivity contribution is -0.129. The molecule has 1 fully saturated rings. The predicted molar refractivity (Wildman–Crippen MR) is 123 cm³/mol. The third-order valence-corrected chi connectivity index (χ3v) is 6.55. The van der Waals surface area contributed by atoms with Crippen LogP contribution in [0.15, 0.2) is 52.4 Å². The topological polar surface area (TPSA) is 45.0 Å². The Morgan fingerprint density at radius 3 is 2.31 bits per heavy atom. The van der Waals surface area contributed by atoms with Gasteiger partial charge >= 0.3 is 0 Å². The summed E-state index contributed by atoms with van der Waals surface area (Å²) in [5.74, 6) is 0.668. The van der Waals surface area contributed by atoms with Gasteiger partial charge in [0, 0.05) is 19.5 Å². The molecule has 2 aliphatic heterocycles. The number of rotatable bonds is 3. The van der Waals surface area contributed by atoms with E-state index in [0.717, 1.165) is 53.6 Å². The van der Waals surface area contributed by atoms with E-state index in [4.69, 9.17) is 9.98 Å². The fourth-order valence-corrected chi connectivity index (χ4v) is 4.60. The summed E-state index contributed by atoms with van der Waals surface area (Å²) < 4.78 is 0. The maximum Gasteiger partial charge on any atom is 0.232 e. The third-order valence-electron chi connectivity index (χ3n) is 5.59. The van der Waals surface area contributed by atoms with E-state index in [9.17, 15) is 4.79 Å². The van der Waals surface area contributed by atoms with Crippen LogP contribution in [0.5, 0.6) is 0 Å². The van der Waals surface area contributed by atoms with E-state index in [2.05, 4.69) is 38.1 Å². The van der Waals surface area contributed by atoms with Gasteiger partial charge in [-0.1, -0.05) is 30.3 Å². The van der Waals surface area contributed by atoms with Crippen molar-refractivity contribution >= 4 is 39.8 Å². The molecule has 4 nitrogen and oxygen atoms in total. The number of hydrogen-bond acceptors (Lipinski definition) is 4. The van der Waals surface area contributed by atoms with Gasteiger partial charge in [0.1, 0.15) is 0 Å². The van der Waals surface area contributed by atoms with E-state index < -0.39 is 0 Å². The SMILES string of the molecule is Cc1cc2c(cc1C)N=C(c1ccccc1)CC(SCC(=O)N1CCCCC1)=N2. The summed E-state index contributed by atoms with van der Waals surface area (Å²) in [5, 5.41) is 0.958. The molecule has 0 radical (unpaired) electrons. The molecule has 1 amide bonds. The van der Waals surface area contributed by atoms with Crippen LogP contribution in [0.2, 0.25) is 0 Å². The van der Waals surface area contributed by atoms with Gasteiger partial charge in [0.15, 0.2) is 0 Å². The summed E-state index contributed by atoms with van der Waals surface area (Å²) in [4.78, 5) is 24.5. The first-order valence-electron chi connectivity index (χ1n) is 10.3. The van der Waals surface area contributed by atoms with Gasteiger partial charge < -0.3 is 4.90 Å². The summed E-state index contributed by atoms with van der Waals surface area (Å²) in [5.41, 5.74) is 6.33. The fraction of sp³-hybridized carbons (Fsp3) is 0.375. The van der Waals surface area contributed by atoms with E-state index in [-0.39, 0.29) is 5.91 Å². The van der Waals surface area contributed by atoms with Gasteiger partial charge in [-0.3, -0.25) is 9.79 Å². The van der Waals surface area contributed by atoms with Crippen molar-refractivity contribution in [3.05, 3.63) is 59.2 Å². The van der Waals surface area contributed by atoms with Crippen LogP contribution in [0.3, 0.4) is 0 Å².